The number of nitrogens with zero attached hydrogens (tertiary/aromatic N) is 1. The molecule has 0 bridgehead atoms. The maximum atomic E-state index is 13.8. The van der Waals surface area contributed by atoms with Gasteiger partial charge in [-0.25, -0.2) is 4.79 Å². The van der Waals surface area contributed by atoms with Gasteiger partial charge in [0.25, 0.3) is 0 Å². The second-order valence-electron chi connectivity index (χ2n) is 12.5. The zero-order chi connectivity index (χ0) is 29.5. The lowest BCUT2D eigenvalue weighted by Crippen LogP contribution is -2.53. The number of benzene rings is 2. The summed E-state index contributed by atoms with van der Waals surface area (Å²) in [5.74, 6) is 0.142. The standard InChI is InChI=1S/C34H46N2O5/c1-5-40-30(37)19-18-26-24-34(28-16-10-9-15-27(26)28)20-22-36(23-21-34)31(38)29(35-32(39)41-33(2,3)4)17-11-14-25-12-7-6-8-13-25/h6-10,12-13,15-16,26,29H,5,11,14,17-24H2,1-4H3,(H,35,39)/t26?,29-/m1/s1. The number of carbonyl (C=O) groups excluding carboxylic acids is 3. The monoisotopic (exact) mass is 562 g/mol. The van der Waals surface area contributed by atoms with E-state index in [4.69, 9.17) is 9.47 Å². The lowest BCUT2D eigenvalue weighted by molar-refractivity contribution is -0.143. The number of carbonyl (C=O) groups is 3. The Labute approximate surface area is 245 Å². The van der Waals surface area contributed by atoms with Gasteiger partial charge in [0, 0.05) is 19.5 Å². The number of rotatable bonds is 10. The van der Waals surface area contributed by atoms with Crippen molar-refractivity contribution in [1.82, 2.24) is 10.2 Å². The van der Waals surface area contributed by atoms with Crippen molar-refractivity contribution in [3.63, 3.8) is 0 Å². The van der Waals surface area contributed by atoms with Crippen molar-refractivity contribution in [3.8, 4) is 0 Å². The highest BCUT2D eigenvalue weighted by Gasteiger charge is 2.46. The largest absolute Gasteiger partial charge is 0.466 e. The van der Waals surface area contributed by atoms with E-state index in [9.17, 15) is 14.4 Å². The van der Waals surface area contributed by atoms with Gasteiger partial charge < -0.3 is 19.7 Å². The average molecular weight is 563 g/mol. The highest BCUT2D eigenvalue weighted by atomic mass is 16.6. The molecule has 2 aromatic carbocycles. The number of hydrogen-bond donors (Lipinski definition) is 1. The minimum atomic E-state index is -0.640. The van der Waals surface area contributed by atoms with Crippen molar-refractivity contribution in [3.05, 3.63) is 71.3 Å². The maximum Gasteiger partial charge on any atom is 0.408 e. The SMILES string of the molecule is CCOC(=O)CCC1CC2(CCN(C(=O)[C@@H](CCCc3ccccc3)NC(=O)OC(C)(C)C)CC2)c2ccccc21. The number of likely N-dealkylation sites (tertiary alicyclic amines) is 1. The number of piperidine rings is 1. The van der Waals surface area contributed by atoms with E-state index in [1.54, 1.807) is 0 Å². The molecule has 1 unspecified atom stereocenters. The molecule has 2 aliphatic rings. The molecular weight excluding hydrogens is 516 g/mol. The van der Waals surface area contributed by atoms with E-state index >= 15 is 0 Å². The van der Waals surface area contributed by atoms with Crippen molar-refractivity contribution < 1.29 is 23.9 Å². The summed E-state index contributed by atoms with van der Waals surface area (Å²) in [6, 6.07) is 18.2. The summed E-state index contributed by atoms with van der Waals surface area (Å²) in [4.78, 5) is 40.5. The number of hydrogen-bond acceptors (Lipinski definition) is 5. The molecule has 0 saturated carbocycles. The third kappa shape index (κ3) is 8.11. The van der Waals surface area contributed by atoms with Gasteiger partial charge in [-0.05, 0) is 101 Å². The molecule has 7 nitrogen and oxygen atoms in total. The van der Waals surface area contributed by atoms with E-state index in [0.717, 1.165) is 38.5 Å². The molecule has 2 amide bonds. The second-order valence-corrected chi connectivity index (χ2v) is 12.5. The zero-order valence-corrected chi connectivity index (χ0v) is 25.1. The third-order valence-corrected chi connectivity index (χ3v) is 8.43. The molecule has 1 aliphatic carbocycles. The number of nitrogens with one attached hydrogen (secondary N) is 1. The lowest BCUT2D eigenvalue weighted by Gasteiger charge is -2.41. The fraction of sp³-hybridized carbons (Fsp3) is 0.559. The Balaban J connectivity index is 1.41. The molecule has 1 spiro atoms. The number of aryl methyl sites for hydroxylation is 1. The average Bonchev–Trinajstić information content (AvgIpc) is 3.24. The molecule has 7 heteroatoms. The number of fused-ring (bicyclic) bond motifs is 2. The predicted molar refractivity (Wildman–Crippen MR) is 160 cm³/mol. The minimum absolute atomic E-state index is 0.00804. The number of amides is 2. The Kier molecular flexibility index (Phi) is 10.1. The molecule has 222 valence electrons. The van der Waals surface area contributed by atoms with Crippen LogP contribution in [0.3, 0.4) is 0 Å². The van der Waals surface area contributed by atoms with Crippen LogP contribution >= 0.6 is 0 Å². The first-order valence-electron chi connectivity index (χ1n) is 15.2. The molecule has 1 aliphatic heterocycles. The van der Waals surface area contributed by atoms with Crippen LogP contribution in [0.4, 0.5) is 4.79 Å². The van der Waals surface area contributed by atoms with Crippen LogP contribution in [0.1, 0.15) is 95.2 Å². The number of alkyl carbamates (subject to hydrolysis) is 1. The van der Waals surface area contributed by atoms with Gasteiger partial charge in [0.15, 0.2) is 0 Å². The Morgan fingerprint density at radius 2 is 1.71 bits per heavy atom. The first kappa shape index (κ1) is 30.6. The van der Waals surface area contributed by atoms with Crippen LogP contribution in [0, 0.1) is 0 Å². The molecular formula is C34H46N2O5. The van der Waals surface area contributed by atoms with Crippen molar-refractivity contribution in [2.75, 3.05) is 19.7 Å². The Morgan fingerprint density at radius 1 is 1.02 bits per heavy atom. The normalized spacial score (nSPS) is 18.4. The smallest absolute Gasteiger partial charge is 0.408 e. The summed E-state index contributed by atoms with van der Waals surface area (Å²) in [5, 5.41) is 2.88. The van der Waals surface area contributed by atoms with E-state index < -0.39 is 17.7 Å². The van der Waals surface area contributed by atoms with Crippen molar-refractivity contribution in [1.29, 1.82) is 0 Å². The van der Waals surface area contributed by atoms with Crippen molar-refractivity contribution in [2.45, 2.75) is 102 Å². The molecule has 1 saturated heterocycles. The van der Waals surface area contributed by atoms with Crippen LogP contribution in [-0.4, -0.2) is 54.2 Å². The van der Waals surface area contributed by atoms with Crippen LogP contribution in [0.25, 0.3) is 0 Å². The first-order chi connectivity index (χ1) is 19.6. The molecule has 41 heavy (non-hydrogen) atoms. The van der Waals surface area contributed by atoms with E-state index in [1.165, 1.54) is 16.7 Å². The molecule has 2 aromatic rings. The molecule has 4 rings (SSSR count). The van der Waals surface area contributed by atoms with Crippen molar-refractivity contribution in [2.24, 2.45) is 0 Å². The van der Waals surface area contributed by atoms with Crippen molar-refractivity contribution >= 4 is 18.0 Å². The van der Waals surface area contributed by atoms with Crippen LogP contribution in [-0.2, 0) is 30.9 Å². The minimum Gasteiger partial charge on any atom is -0.466 e. The predicted octanol–water partition coefficient (Wildman–Crippen LogP) is 6.29. The van der Waals surface area contributed by atoms with Gasteiger partial charge in [-0.2, -0.15) is 0 Å². The van der Waals surface area contributed by atoms with E-state index in [2.05, 4.69) is 41.7 Å². The molecule has 1 N–H and O–H groups in total. The van der Waals surface area contributed by atoms with E-state index in [0.29, 0.717) is 38.5 Å². The molecule has 2 atom stereocenters. The van der Waals surface area contributed by atoms with Crippen LogP contribution in [0.2, 0.25) is 0 Å². The number of esters is 1. The van der Waals surface area contributed by atoms with Gasteiger partial charge in [-0.1, -0.05) is 54.6 Å². The molecule has 1 heterocycles. The van der Waals surface area contributed by atoms with Crippen LogP contribution in [0.15, 0.2) is 54.6 Å². The van der Waals surface area contributed by atoms with Crippen LogP contribution in [0.5, 0.6) is 0 Å². The lowest BCUT2D eigenvalue weighted by atomic mass is 9.73. The van der Waals surface area contributed by atoms with Gasteiger partial charge in [0.1, 0.15) is 11.6 Å². The van der Waals surface area contributed by atoms with Gasteiger partial charge in [-0.3, -0.25) is 9.59 Å². The zero-order valence-electron chi connectivity index (χ0n) is 25.1. The Bertz CT molecular complexity index is 1180. The summed E-state index contributed by atoms with van der Waals surface area (Å²) in [7, 11) is 0. The fourth-order valence-electron chi connectivity index (χ4n) is 6.52. The fourth-order valence-corrected chi connectivity index (χ4v) is 6.52. The van der Waals surface area contributed by atoms with Crippen LogP contribution < -0.4 is 5.32 Å². The van der Waals surface area contributed by atoms with Gasteiger partial charge in [-0.15, -0.1) is 0 Å². The molecule has 1 fully saturated rings. The van der Waals surface area contributed by atoms with E-state index in [1.807, 2.05) is 50.8 Å². The topological polar surface area (TPSA) is 84.9 Å². The van der Waals surface area contributed by atoms with Gasteiger partial charge in [0.2, 0.25) is 5.91 Å². The molecule has 0 radical (unpaired) electrons. The third-order valence-electron chi connectivity index (χ3n) is 8.43. The van der Waals surface area contributed by atoms with Gasteiger partial charge >= 0.3 is 12.1 Å². The molecule has 0 aromatic heterocycles. The Morgan fingerprint density at radius 3 is 2.39 bits per heavy atom. The quantitative estimate of drug-likeness (QED) is 0.344. The van der Waals surface area contributed by atoms with E-state index in [-0.39, 0.29) is 17.3 Å². The summed E-state index contributed by atoms with van der Waals surface area (Å²) in [6.45, 7) is 8.99. The second kappa shape index (κ2) is 13.5. The first-order valence-corrected chi connectivity index (χ1v) is 15.2. The Hall–Kier alpha value is -3.35. The summed E-state index contributed by atoms with van der Waals surface area (Å²) >= 11 is 0. The highest BCUT2D eigenvalue weighted by molar-refractivity contribution is 5.86. The highest BCUT2D eigenvalue weighted by Crippen LogP contribution is 2.53. The summed E-state index contributed by atoms with van der Waals surface area (Å²) in [5.41, 5.74) is 3.29. The maximum absolute atomic E-state index is 13.8. The number of ether oxygens (including phenoxy) is 2. The summed E-state index contributed by atoms with van der Waals surface area (Å²) in [6.07, 6.45) is 5.55. The summed E-state index contributed by atoms with van der Waals surface area (Å²) < 4.78 is 10.7. The van der Waals surface area contributed by atoms with Gasteiger partial charge in [0.05, 0.1) is 6.61 Å².